The lowest BCUT2D eigenvalue weighted by molar-refractivity contribution is 0.340. The Labute approximate surface area is 112 Å². The Morgan fingerprint density at radius 1 is 1.50 bits per heavy atom. The minimum absolute atomic E-state index is 0.0833. The van der Waals surface area contributed by atoms with E-state index in [0.717, 1.165) is 11.3 Å². The van der Waals surface area contributed by atoms with Gasteiger partial charge < -0.3 is 10.5 Å². The van der Waals surface area contributed by atoms with Crippen molar-refractivity contribution >= 4 is 21.9 Å². The Kier molecular flexibility index (Phi) is 3.66. The normalized spacial score (nSPS) is 10.3. The number of ether oxygens (including phenoxy) is 1. The van der Waals surface area contributed by atoms with E-state index in [9.17, 15) is 4.79 Å². The molecule has 0 spiro atoms. The molecule has 1 aromatic carbocycles. The first-order chi connectivity index (χ1) is 8.61. The second kappa shape index (κ2) is 5.22. The first kappa shape index (κ1) is 12.6. The zero-order chi connectivity index (χ0) is 13.1. The van der Waals surface area contributed by atoms with Gasteiger partial charge in [0.05, 0.1) is 12.3 Å². The maximum atomic E-state index is 11.6. The second-order valence-electron chi connectivity index (χ2n) is 3.57. The maximum Gasteiger partial charge on any atom is 0.267 e. The lowest BCUT2D eigenvalue weighted by Crippen LogP contribution is -2.13. The highest BCUT2D eigenvalue weighted by Crippen LogP contribution is 2.26. The van der Waals surface area contributed by atoms with Crippen molar-refractivity contribution in [1.29, 1.82) is 0 Å². The molecule has 2 aromatic rings. The topological polar surface area (TPSA) is 81.0 Å². The van der Waals surface area contributed by atoms with Crippen molar-refractivity contribution in [3.05, 3.63) is 39.1 Å². The molecule has 0 saturated heterocycles. The van der Waals surface area contributed by atoms with Crippen molar-refractivity contribution in [2.75, 3.05) is 12.3 Å². The van der Waals surface area contributed by atoms with E-state index < -0.39 is 0 Å². The summed E-state index contributed by atoms with van der Waals surface area (Å²) in [6, 6.07) is 7.34. The van der Waals surface area contributed by atoms with E-state index in [1.54, 1.807) is 0 Å². The highest BCUT2D eigenvalue weighted by atomic mass is 79.9. The number of benzene rings is 1. The van der Waals surface area contributed by atoms with Crippen LogP contribution in [0.25, 0.3) is 11.3 Å². The van der Waals surface area contributed by atoms with Gasteiger partial charge in [0.2, 0.25) is 5.95 Å². The molecule has 6 heteroatoms. The maximum absolute atomic E-state index is 11.6. The summed E-state index contributed by atoms with van der Waals surface area (Å²) >= 11 is 3.21. The van der Waals surface area contributed by atoms with E-state index in [4.69, 9.17) is 10.5 Å². The average Bonchev–Trinajstić information content (AvgIpc) is 2.34. The Bertz CT molecular complexity index is 625. The van der Waals surface area contributed by atoms with Crippen LogP contribution in [0.1, 0.15) is 6.92 Å². The van der Waals surface area contributed by atoms with E-state index in [-0.39, 0.29) is 11.5 Å². The van der Waals surface area contributed by atoms with Crippen LogP contribution in [-0.4, -0.2) is 16.6 Å². The molecular formula is C12H12BrN3O2. The van der Waals surface area contributed by atoms with Gasteiger partial charge in [-0.25, -0.2) is 4.98 Å². The fourth-order valence-electron chi connectivity index (χ4n) is 1.57. The predicted octanol–water partition coefficient (Wildman–Crippen LogP) is 2.18. The molecule has 0 atom stereocenters. The van der Waals surface area contributed by atoms with Crippen LogP contribution in [0.15, 0.2) is 33.5 Å². The van der Waals surface area contributed by atoms with E-state index in [2.05, 4.69) is 25.9 Å². The van der Waals surface area contributed by atoms with Crippen LogP contribution in [0.5, 0.6) is 5.75 Å². The van der Waals surface area contributed by atoms with Crippen LogP contribution in [0.2, 0.25) is 0 Å². The lowest BCUT2D eigenvalue weighted by Gasteiger charge is -2.07. The van der Waals surface area contributed by atoms with Gasteiger partial charge >= 0.3 is 0 Å². The largest absolute Gasteiger partial charge is 0.494 e. The van der Waals surface area contributed by atoms with Crippen molar-refractivity contribution in [1.82, 2.24) is 9.97 Å². The van der Waals surface area contributed by atoms with E-state index in [1.165, 1.54) is 0 Å². The van der Waals surface area contributed by atoms with Gasteiger partial charge in [-0.2, -0.15) is 0 Å². The molecule has 2 rings (SSSR count). The molecule has 0 amide bonds. The number of halogens is 1. The number of hydrogen-bond acceptors (Lipinski definition) is 4. The monoisotopic (exact) mass is 309 g/mol. The Balaban J connectivity index is 2.54. The number of aromatic amines is 1. The SMILES string of the molecule is CCOc1cccc(-c2nc(N)[nH]c(=O)c2Br)c1. The van der Waals surface area contributed by atoms with Gasteiger partial charge in [-0.05, 0) is 35.0 Å². The molecule has 0 radical (unpaired) electrons. The van der Waals surface area contributed by atoms with Crippen LogP contribution in [0.3, 0.4) is 0 Å². The van der Waals surface area contributed by atoms with Crippen LogP contribution >= 0.6 is 15.9 Å². The predicted molar refractivity (Wildman–Crippen MR) is 73.6 cm³/mol. The summed E-state index contributed by atoms with van der Waals surface area (Å²) in [5.74, 6) is 0.808. The van der Waals surface area contributed by atoms with E-state index in [1.807, 2.05) is 31.2 Å². The van der Waals surface area contributed by atoms with Crippen LogP contribution < -0.4 is 16.0 Å². The van der Waals surface area contributed by atoms with Crippen molar-refractivity contribution in [2.24, 2.45) is 0 Å². The number of H-pyrrole nitrogens is 1. The minimum atomic E-state index is -0.306. The number of nitrogens with two attached hydrogens (primary N) is 1. The molecule has 0 bridgehead atoms. The van der Waals surface area contributed by atoms with Gasteiger partial charge in [0.15, 0.2) is 0 Å². The minimum Gasteiger partial charge on any atom is -0.494 e. The van der Waals surface area contributed by atoms with Gasteiger partial charge in [-0.1, -0.05) is 12.1 Å². The molecule has 0 aliphatic heterocycles. The summed E-state index contributed by atoms with van der Waals surface area (Å²) in [6.07, 6.45) is 0. The number of aromatic nitrogens is 2. The van der Waals surface area contributed by atoms with Crippen LogP contribution in [0.4, 0.5) is 5.95 Å². The Hall–Kier alpha value is -1.82. The molecule has 1 aromatic heterocycles. The summed E-state index contributed by atoms with van der Waals surface area (Å²) in [7, 11) is 0. The molecule has 94 valence electrons. The Morgan fingerprint density at radius 2 is 2.28 bits per heavy atom. The lowest BCUT2D eigenvalue weighted by atomic mass is 10.1. The highest BCUT2D eigenvalue weighted by Gasteiger charge is 2.10. The van der Waals surface area contributed by atoms with Crippen LogP contribution in [0, 0.1) is 0 Å². The van der Waals surface area contributed by atoms with Crippen molar-refractivity contribution < 1.29 is 4.74 Å². The summed E-state index contributed by atoms with van der Waals surface area (Å²) in [4.78, 5) is 18.1. The van der Waals surface area contributed by atoms with Crippen molar-refractivity contribution in [3.63, 3.8) is 0 Å². The van der Waals surface area contributed by atoms with Gasteiger partial charge in [-0.15, -0.1) is 0 Å². The number of nitrogens with zero attached hydrogens (tertiary/aromatic N) is 1. The van der Waals surface area contributed by atoms with Gasteiger partial charge in [0, 0.05) is 5.56 Å². The molecule has 18 heavy (non-hydrogen) atoms. The summed E-state index contributed by atoms with van der Waals surface area (Å²) in [6.45, 7) is 2.49. The molecule has 3 N–H and O–H groups in total. The quantitative estimate of drug-likeness (QED) is 0.910. The molecule has 0 saturated carbocycles. The molecule has 5 nitrogen and oxygen atoms in total. The van der Waals surface area contributed by atoms with Crippen LogP contribution in [-0.2, 0) is 0 Å². The Morgan fingerprint density at radius 3 is 3.00 bits per heavy atom. The zero-order valence-electron chi connectivity index (χ0n) is 9.74. The molecule has 0 unspecified atom stereocenters. The summed E-state index contributed by atoms with van der Waals surface area (Å²) < 4.78 is 5.76. The molecule has 0 aliphatic rings. The van der Waals surface area contributed by atoms with E-state index >= 15 is 0 Å². The number of rotatable bonds is 3. The third kappa shape index (κ3) is 2.53. The van der Waals surface area contributed by atoms with E-state index in [0.29, 0.717) is 16.8 Å². The number of hydrogen-bond donors (Lipinski definition) is 2. The fourth-order valence-corrected chi connectivity index (χ4v) is 1.98. The van der Waals surface area contributed by atoms with Crippen molar-refractivity contribution in [2.45, 2.75) is 6.92 Å². The van der Waals surface area contributed by atoms with Gasteiger partial charge in [0.1, 0.15) is 10.2 Å². The highest BCUT2D eigenvalue weighted by molar-refractivity contribution is 9.10. The first-order valence-electron chi connectivity index (χ1n) is 5.40. The average molecular weight is 310 g/mol. The van der Waals surface area contributed by atoms with Crippen molar-refractivity contribution in [3.8, 4) is 17.0 Å². The van der Waals surface area contributed by atoms with Gasteiger partial charge in [-0.3, -0.25) is 9.78 Å². The first-order valence-corrected chi connectivity index (χ1v) is 6.19. The molecule has 0 fully saturated rings. The third-order valence-electron chi connectivity index (χ3n) is 2.30. The number of anilines is 1. The molecule has 1 heterocycles. The zero-order valence-corrected chi connectivity index (χ0v) is 11.3. The summed E-state index contributed by atoms with van der Waals surface area (Å²) in [5, 5.41) is 0. The molecule has 0 aliphatic carbocycles. The number of nitrogens with one attached hydrogen (secondary N) is 1. The standard InChI is InChI=1S/C12H12BrN3O2/c1-2-18-8-5-3-4-7(6-8)10-9(13)11(17)16-12(14)15-10/h3-6H,2H2,1H3,(H3,14,15,16,17). The smallest absolute Gasteiger partial charge is 0.267 e. The van der Waals surface area contributed by atoms with Gasteiger partial charge in [0.25, 0.3) is 5.56 Å². The molecular weight excluding hydrogens is 298 g/mol. The second-order valence-corrected chi connectivity index (χ2v) is 4.37. The summed E-state index contributed by atoms with van der Waals surface area (Å²) in [5.41, 5.74) is 6.50. The number of nitrogen functional groups attached to an aromatic ring is 1. The fraction of sp³-hybridized carbons (Fsp3) is 0.167. The third-order valence-corrected chi connectivity index (χ3v) is 3.04.